The van der Waals surface area contributed by atoms with Gasteiger partial charge in [-0.3, -0.25) is 4.79 Å². The number of methoxy groups -OCH3 is 1. The van der Waals surface area contributed by atoms with Gasteiger partial charge in [-0.25, -0.2) is 4.39 Å². The number of halogens is 2. The number of nitrogens with zero attached hydrogens (tertiary/aromatic N) is 1. The van der Waals surface area contributed by atoms with Gasteiger partial charge in [0.05, 0.1) is 18.9 Å². The van der Waals surface area contributed by atoms with Crippen LogP contribution in [-0.2, 0) is 4.79 Å². The summed E-state index contributed by atoms with van der Waals surface area (Å²) in [5.74, 6) is 0.946. The van der Waals surface area contributed by atoms with Gasteiger partial charge in [0.25, 0.3) is 0 Å². The maximum atomic E-state index is 13.5. The Hall–Kier alpha value is -1.76. The third-order valence-electron chi connectivity index (χ3n) is 4.22. The molecule has 1 saturated heterocycles. The highest BCUT2D eigenvalue weighted by atomic mass is 35.5. The number of hydrogen-bond donors (Lipinski definition) is 1. The molecule has 1 atom stereocenters. The molecule has 26 heavy (non-hydrogen) atoms. The summed E-state index contributed by atoms with van der Waals surface area (Å²) in [5, 5.41) is 3.29. The van der Waals surface area contributed by atoms with Crippen LogP contribution in [0.3, 0.4) is 0 Å². The molecule has 2 aromatic carbocycles. The van der Waals surface area contributed by atoms with Crippen molar-refractivity contribution in [3.05, 3.63) is 59.9 Å². The van der Waals surface area contributed by atoms with Gasteiger partial charge in [0.15, 0.2) is 0 Å². The van der Waals surface area contributed by atoms with E-state index in [0.717, 1.165) is 22.8 Å². The predicted molar refractivity (Wildman–Crippen MR) is 105 cm³/mol. The normalized spacial score (nSPS) is 16.7. The fourth-order valence-electron chi connectivity index (χ4n) is 2.91. The van der Waals surface area contributed by atoms with Crippen molar-refractivity contribution in [2.24, 2.45) is 0 Å². The Labute approximate surface area is 163 Å². The van der Waals surface area contributed by atoms with Gasteiger partial charge in [-0.2, -0.15) is 0 Å². The van der Waals surface area contributed by atoms with E-state index in [1.54, 1.807) is 13.2 Å². The quantitative estimate of drug-likeness (QED) is 0.785. The third kappa shape index (κ3) is 5.13. The first-order valence-corrected chi connectivity index (χ1v) is 9.18. The van der Waals surface area contributed by atoms with Gasteiger partial charge in [-0.1, -0.05) is 12.1 Å². The van der Waals surface area contributed by atoms with Gasteiger partial charge >= 0.3 is 0 Å². The highest BCUT2D eigenvalue weighted by Crippen LogP contribution is 2.26. The molecule has 1 N–H and O–H groups in total. The van der Waals surface area contributed by atoms with Gasteiger partial charge in [0.1, 0.15) is 11.6 Å². The van der Waals surface area contributed by atoms with Crippen molar-refractivity contribution in [2.75, 3.05) is 32.5 Å². The van der Waals surface area contributed by atoms with E-state index in [9.17, 15) is 9.18 Å². The van der Waals surface area contributed by atoms with Crippen molar-refractivity contribution in [1.82, 2.24) is 10.2 Å². The monoisotopic (exact) mass is 396 g/mol. The zero-order valence-corrected chi connectivity index (χ0v) is 16.1. The second-order valence-corrected chi connectivity index (χ2v) is 6.88. The van der Waals surface area contributed by atoms with Crippen molar-refractivity contribution in [3.63, 3.8) is 0 Å². The topological polar surface area (TPSA) is 41.6 Å². The van der Waals surface area contributed by atoms with Crippen molar-refractivity contribution in [1.29, 1.82) is 0 Å². The summed E-state index contributed by atoms with van der Waals surface area (Å²) >= 11 is 1.50. The second-order valence-electron chi connectivity index (χ2n) is 5.83. The molecule has 7 heteroatoms. The minimum atomic E-state index is -0.275. The number of carbonyl (C=O) groups is 1. The summed E-state index contributed by atoms with van der Waals surface area (Å²) in [7, 11) is 1.63. The number of rotatable bonds is 5. The third-order valence-corrected chi connectivity index (χ3v) is 5.22. The molecule has 0 bridgehead atoms. The van der Waals surface area contributed by atoms with Gasteiger partial charge in [-0.15, -0.1) is 24.2 Å². The Kier molecular flexibility index (Phi) is 7.75. The summed E-state index contributed by atoms with van der Waals surface area (Å²) in [6.45, 7) is 2.02. The largest absolute Gasteiger partial charge is 0.497 e. The molecule has 1 aliphatic heterocycles. The number of thioether (sulfide) groups is 1. The van der Waals surface area contributed by atoms with E-state index in [1.165, 1.54) is 23.9 Å². The summed E-state index contributed by atoms with van der Waals surface area (Å²) in [6.07, 6.45) is 0. The molecular formula is C19H22ClFN2O2S. The number of hydrogen-bond acceptors (Lipinski definition) is 4. The summed E-state index contributed by atoms with van der Waals surface area (Å²) in [6, 6.07) is 14.0. The van der Waals surface area contributed by atoms with Gasteiger partial charge in [0.2, 0.25) is 5.91 Å². The Morgan fingerprint density at radius 1 is 1.31 bits per heavy atom. The lowest BCUT2D eigenvalue weighted by atomic mass is 10.0. The number of nitrogens with one attached hydrogen (secondary N) is 1. The molecule has 1 amide bonds. The van der Waals surface area contributed by atoms with Crippen LogP contribution in [-0.4, -0.2) is 43.3 Å². The zero-order chi connectivity index (χ0) is 17.6. The van der Waals surface area contributed by atoms with E-state index >= 15 is 0 Å². The Morgan fingerprint density at radius 3 is 2.77 bits per heavy atom. The standard InChI is InChI=1S/C19H21FN2O2S.ClH/c1-24-16-5-7-17(8-6-16)25-13-19(23)22-10-9-21-12-18(22)14-3-2-4-15(20)11-14;/h2-8,11,18,21H,9-10,12-13H2,1H3;1H. The van der Waals surface area contributed by atoms with E-state index < -0.39 is 0 Å². The predicted octanol–water partition coefficient (Wildman–Crippen LogP) is 3.52. The number of ether oxygens (including phenoxy) is 1. The Balaban J connectivity index is 0.00000243. The fraction of sp³-hybridized carbons (Fsp3) is 0.316. The summed E-state index contributed by atoms with van der Waals surface area (Å²) in [4.78, 5) is 15.6. The minimum absolute atomic E-state index is 0. The first-order valence-electron chi connectivity index (χ1n) is 8.20. The smallest absolute Gasteiger partial charge is 0.233 e. The Bertz CT molecular complexity index is 730. The SMILES string of the molecule is COc1ccc(SCC(=O)N2CCNCC2c2cccc(F)c2)cc1.Cl. The first kappa shape index (κ1) is 20.6. The molecule has 1 heterocycles. The van der Waals surface area contributed by atoms with E-state index in [0.29, 0.717) is 18.8 Å². The summed E-state index contributed by atoms with van der Waals surface area (Å²) < 4.78 is 18.7. The van der Waals surface area contributed by atoms with Crippen molar-refractivity contribution in [3.8, 4) is 5.75 Å². The van der Waals surface area contributed by atoms with Gasteiger partial charge < -0.3 is 15.0 Å². The molecule has 1 fully saturated rings. The molecule has 4 nitrogen and oxygen atoms in total. The number of carbonyl (C=O) groups excluding carboxylic acids is 1. The van der Waals surface area contributed by atoms with Crippen LogP contribution in [0.2, 0.25) is 0 Å². The Morgan fingerprint density at radius 2 is 2.08 bits per heavy atom. The number of piperazine rings is 1. The maximum absolute atomic E-state index is 13.5. The number of benzene rings is 2. The highest BCUT2D eigenvalue weighted by molar-refractivity contribution is 8.00. The molecule has 0 aliphatic carbocycles. The van der Waals surface area contributed by atoms with Crippen molar-refractivity contribution in [2.45, 2.75) is 10.9 Å². The van der Waals surface area contributed by atoms with Crippen molar-refractivity contribution < 1.29 is 13.9 Å². The lowest BCUT2D eigenvalue weighted by Crippen LogP contribution is -2.49. The van der Waals surface area contributed by atoms with E-state index in [2.05, 4.69) is 5.32 Å². The molecule has 140 valence electrons. The lowest BCUT2D eigenvalue weighted by Gasteiger charge is -2.36. The van der Waals surface area contributed by atoms with Crippen LogP contribution in [0.15, 0.2) is 53.4 Å². The van der Waals surface area contributed by atoms with E-state index in [-0.39, 0.29) is 30.2 Å². The maximum Gasteiger partial charge on any atom is 0.233 e. The minimum Gasteiger partial charge on any atom is -0.497 e. The first-order chi connectivity index (χ1) is 12.2. The molecule has 0 aromatic heterocycles. The molecule has 2 aromatic rings. The van der Waals surface area contributed by atoms with Gasteiger partial charge in [0, 0.05) is 24.5 Å². The average Bonchev–Trinajstić information content (AvgIpc) is 2.66. The molecule has 0 spiro atoms. The highest BCUT2D eigenvalue weighted by Gasteiger charge is 2.27. The molecule has 0 saturated carbocycles. The molecule has 3 rings (SSSR count). The van der Waals surface area contributed by atoms with Crippen LogP contribution in [0, 0.1) is 5.82 Å². The van der Waals surface area contributed by atoms with Crippen LogP contribution < -0.4 is 10.1 Å². The van der Waals surface area contributed by atoms with E-state index in [1.807, 2.05) is 35.2 Å². The zero-order valence-electron chi connectivity index (χ0n) is 14.5. The van der Waals surface area contributed by atoms with Crippen molar-refractivity contribution >= 4 is 30.1 Å². The van der Waals surface area contributed by atoms with Crippen LogP contribution in [0.5, 0.6) is 5.75 Å². The molecule has 0 radical (unpaired) electrons. The summed E-state index contributed by atoms with van der Waals surface area (Å²) in [5.41, 5.74) is 0.829. The van der Waals surface area contributed by atoms with Crippen LogP contribution >= 0.6 is 24.2 Å². The lowest BCUT2D eigenvalue weighted by molar-refractivity contribution is -0.131. The van der Waals surface area contributed by atoms with Crippen LogP contribution in [0.25, 0.3) is 0 Å². The number of amides is 1. The van der Waals surface area contributed by atoms with Crippen LogP contribution in [0.1, 0.15) is 11.6 Å². The average molecular weight is 397 g/mol. The van der Waals surface area contributed by atoms with E-state index in [4.69, 9.17) is 4.74 Å². The molecular weight excluding hydrogens is 375 g/mol. The fourth-order valence-corrected chi connectivity index (χ4v) is 3.70. The van der Waals surface area contributed by atoms with Gasteiger partial charge in [-0.05, 0) is 42.0 Å². The second kappa shape index (κ2) is 9.80. The van der Waals surface area contributed by atoms with Crippen LogP contribution in [0.4, 0.5) is 4.39 Å². The molecule has 1 unspecified atom stereocenters. The molecule has 1 aliphatic rings.